The number of benzene rings is 1. The van der Waals surface area contributed by atoms with Gasteiger partial charge in [-0.2, -0.15) is 0 Å². The molecule has 1 aromatic heterocycles. The molecular formula is C13H14ClN3. The van der Waals surface area contributed by atoms with Gasteiger partial charge in [0.1, 0.15) is 5.82 Å². The van der Waals surface area contributed by atoms with Crippen LogP contribution >= 0.6 is 11.6 Å². The molecule has 0 radical (unpaired) electrons. The van der Waals surface area contributed by atoms with Crippen molar-refractivity contribution < 1.29 is 0 Å². The standard InChI is InChI=1S/C13H14ClN3/c1-17(12-5-6-13(15)16-8-12)9-10-3-2-4-11(14)7-10/h2-8H,9H2,1H3,(H2,15,16). The molecule has 2 rings (SSSR count). The van der Waals surface area contributed by atoms with Crippen molar-refractivity contribution in [3.05, 3.63) is 53.2 Å². The summed E-state index contributed by atoms with van der Waals surface area (Å²) in [6, 6.07) is 11.6. The zero-order chi connectivity index (χ0) is 12.3. The molecule has 3 nitrogen and oxygen atoms in total. The molecule has 17 heavy (non-hydrogen) atoms. The van der Waals surface area contributed by atoms with Crippen molar-refractivity contribution in [3.8, 4) is 0 Å². The maximum Gasteiger partial charge on any atom is 0.123 e. The summed E-state index contributed by atoms with van der Waals surface area (Å²) >= 11 is 5.95. The van der Waals surface area contributed by atoms with Crippen LogP contribution in [-0.2, 0) is 6.54 Å². The number of nitrogen functional groups attached to an aromatic ring is 1. The van der Waals surface area contributed by atoms with Gasteiger partial charge in [-0.3, -0.25) is 0 Å². The van der Waals surface area contributed by atoms with Gasteiger partial charge in [-0.1, -0.05) is 23.7 Å². The highest BCUT2D eigenvalue weighted by molar-refractivity contribution is 6.30. The van der Waals surface area contributed by atoms with E-state index in [0.717, 1.165) is 22.8 Å². The van der Waals surface area contributed by atoms with E-state index in [4.69, 9.17) is 17.3 Å². The predicted molar refractivity (Wildman–Crippen MR) is 72.2 cm³/mol. The fourth-order valence-corrected chi connectivity index (χ4v) is 1.84. The Hall–Kier alpha value is -1.74. The lowest BCUT2D eigenvalue weighted by Gasteiger charge is -2.19. The summed E-state index contributed by atoms with van der Waals surface area (Å²) in [5.41, 5.74) is 7.74. The highest BCUT2D eigenvalue weighted by Gasteiger charge is 2.02. The van der Waals surface area contributed by atoms with Crippen LogP contribution < -0.4 is 10.6 Å². The van der Waals surface area contributed by atoms with Crippen LogP contribution in [-0.4, -0.2) is 12.0 Å². The van der Waals surface area contributed by atoms with Gasteiger partial charge in [-0.05, 0) is 29.8 Å². The maximum atomic E-state index is 5.95. The van der Waals surface area contributed by atoms with Gasteiger partial charge in [-0.15, -0.1) is 0 Å². The lowest BCUT2D eigenvalue weighted by Crippen LogP contribution is -2.16. The van der Waals surface area contributed by atoms with Gasteiger partial charge in [0.25, 0.3) is 0 Å². The Morgan fingerprint density at radius 1 is 1.29 bits per heavy atom. The Morgan fingerprint density at radius 3 is 2.76 bits per heavy atom. The first-order valence-electron chi connectivity index (χ1n) is 5.32. The zero-order valence-electron chi connectivity index (χ0n) is 9.60. The first kappa shape index (κ1) is 11.7. The number of hydrogen-bond donors (Lipinski definition) is 1. The summed E-state index contributed by atoms with van der Waals surface area (Å²) in [5.74, 6) is 0.532. The van der Waals surface area contributed by atoms with E-state index in [2.05, 4.69) is 9.88 Å². The first-order chi connectivity index (χ1) is 8.15. The predicted octanol–water partition coefficient (Wildman–Crippen LogP) is 2.95. The van der Waals surface area contributed by atoms with Crippen LogP contribution in [0.4, 0.5) is 11.5 Å². The third kappa shape index (κ3) is 3.11. The number of rotatable bonds is 3. The van der Waals surface area contributed by atoms with Crippen LogP contribution in [0.5, 0.6) is 0 Å². The van der Waals surface area contributed by atoms with Crippen LogP contribution in [0.1, 0.15) is 5.56 Å². The summed E-state index contributed by atoms with van der Waals surface area (Å²) < 4.78 is 0. The van der Waals surface area contributed by atoms with E-state index >= 15 is 0 Å². The number of nitrogens with zero attached hydrogens (tertiary/aromatic N) is 2. The van der Waals surface area contributed by atoms with Gasteiger partial charge in [0.05, 0.1) is 11.9 Å². The Balaban J connectivity index is 2.11. The number of halogens is 1. The summed E-state index contributed by atoms with van der Waals surface area (Å²) in [7, 11) is 2.01. The van der Waals surface area contributed by atoms with Gasteiger partial charge < -0.3 is 10.6 Å². The van der Waals surface area contributed by atoms with Crippen molar-refractivity contribution in [1.29, 1.82) is 0 Å². The summed E-state index contributed by atoms with van der Waals surface area (Å²) in [6.07, 6.45) is 1.76. The first-order valence-corrected chi connectivity index (χ1v) is 5.70. The second kappa shape index (κ2) is 5.06. The largest absolute Gasteiger partial charge is 0.384 e. The van der Waals surface area contributed by atoms with Crippen molar-refractivity contribution in [1.82, 2.24) is 4.98 Å². The van der Waals surface area contributed by atoms with E-state index in [1.807, 2.05) is 37.4 Å². The third-order valence-electron chi connectivity index (χ3n) is 2.52. The molecule has 0 saturated heterocycles. The Labute approximate surface area is 106 Å². The van der Waals surface area contributed by atoms with Gasteiger partial charge in [-0.25, -0.2) is 4.98 Å². The molecular weight excluding hydrogens is 234 g/mol. The molecule has 2 N–H and O–H groups in total. The maximum absolute atomic E-state index is 5.95. The quantitative estimate of drug-likeness (QED) is 0.907. The molecule has 1 heterocycles. The number of hydrogen-bond acceptors (Lipinski definition) is 3. The van der Waals surface area contributed by atoms with E-state index in [1.165, 1.54) is 0 Å². The minimum absolute atomic E-state index is 0.532. The molecule has 0 unspecified atom stereocenters. The van der Waals surface area contributed by atoms with Crippen molar-refractivity contribution in [2.75, 3.05) is 17.7 Å². The third-order valence-corrected chi connectivity index (χ3v) is 2.76. The normalized spacial score (nSPS) is 10.2. The van der Waals surface area contributed by atoms with Gasteiger partial charge in [0.15, 0.2) is 0 Å². The van der Waals surface area contributed by atoms with Crippen LogP contribution in [0.2, 0.25) is 5.02 Å². The highest BCUT2D eigenvalue weighted by Crippen LogP contribution is 2.17. The second-order valence-corrected chi connectivity index (χ2v) is 4.36. The van der Waals surface area contributed by atoms with Gasteiger partial charge in [0.2, 0.25) is 0 Å². The summed E-state index contributed by atoms with van der Waals surface area (Å²) in [4.78, 5) is 6.16. The molecule has 0 fully saturated rings. The van der Waals surface area contributed by atoms with Crippen molar-refractivity contribution in [3.63, 3.8) is 0 Å². The van der Waals surface area contributed by atoms with Crippen molar-refractivity contribution in [2.24, 2.45) is 0 Å². The SMILES string of the molecule is CN(Cc1cccc(Cl)c1)c1ccc(N)nc1. The van der Waals surface area contributed by atoms with E-state index in [0.29, 0.717) is 5.82 Å². The van der Waals surface area contributed by atoms with Gasteiger partial charge >= 0.3 is 0 Å². The monoisotopic (exact) mass is 247 g/mol. The van der Waals surface area contributed by atoms with E-state index < -0.39 is 0 Å². The lowest BCUT2D eigenvalue weighted by atomic mass is 10.2. The highest BCUT2D eigenvalue weighted by atomic mass is 35.5. The molecule has 0 saturated carbocycles. The summed E-state index contributed by atoms with van der Waals surface area (Å²) in [5, 5.41) is 0.756. The number of anilines is 2. The molecule has 2 aromatic rings. The van der Waals surface area contributed by atoms with E-state index in [1.54, 1.807) is 12.3 Å². The molecule has 88 valence electrons. The molecule has 0 spiro atoms. The fraction of sp³-hybridized carbons (Fsp3) is 0.154. The zero-order valence-corrected chi connectivity index (χ0v) is 10.4. The molecule has 4 heteroatoms. The Bertz CT molecular complexity index is 496. The van der Waals surface area contributed by atoms with E-state index in [-0.39, 0.29) is 0 Å². The number of nitrogens with two attached hydrogens (primary N) is 1. The molecule has 0 bridgehead atoms. The van der Waals surface area contributed by atoms with Crippen LogP contribution in [0.15, 0.2) is 42.6 Å². The second-order valence-electron chi connectivity index (χ2n) is 3.93. The number of pyridine rings is 1. The van der Waals surface area contributed by atoms with Crippen molar-refractivity contribution in [2.45, 2.75) is 6.54 Å². The Kier molecular flexibility index (Phi) is 3.49. The molecule has 0 atom stereocenters. The van der Waals surface area contributed by atoms with Crippen molar-refractivity contribution >= 4 is 23.1 Å². The molecule has 1 aromatic carbocycles. The van der Waals surface area contributed by atoms with Crippen LogP contribution in [0, 0.1) is 0 Å². The van der Waals surface area contributed by atoms with Crippen LogP contribution in [0.3, 0.4) is 0 Å². The topological polar surface area (TPSA) is 42.1 Å². The molecule has 0 aliphatic carbocycles. The van der Waals surface area contributed by atoms with Crippen LogP contribution in [0.25, 0.3) is 0 Å². The lowest BCUT2D eigenvalue weighted by molar-refractivity contribution is 0.918. The smallest absolute Gasteiger partial charge is 0.123 e. The minimum atomic E-state index is 0.532. The molecule has 0 amide bonds. The van der Waals surface area contributed by atoms with Gasteiger partial charge in [0, 0.05) is 18.6 Å². The average Bonchev–Trinajstić information content (AvgIpc) is 2.29. The number of aromatic nitrogens is 1. The average molecular weight is 248 g/mol. The Morgan fingerprint density at radius 2 is 2.12 bits per heavy atom. The summed E-state index contributed by atoms with van der Waals surface area (Å²) in [6.45, 7) is 0.784. The molecule has 0 aliphatic rings. The minimum Gasteiger partial charge on any atom is -0.384 e. The van der Waals surface area contributed by atoms with E-state index in [9.17, 15) is 0 Å². The molecule has 0 aliphatic heterocycles. The fourth-order valence-electron chi connectivity index (χ4n) is 1.62.